The summed E-state index contributed by atoms with van der Waals surface area (Å²) < 4.78 is 15.3. The summed E-state index contributed by atoms with van der Waals surface area (Å²) in [4.78, 5) is 4.63. The fourth-order valence-electron chi connectivity index (χ4n) is 2.26. The first kappa shape index (κ1) is 13.1. The summed E-state index contributed by atoms with van der Waals surface area (Å²) in [6.07, 6.45) is 1.77. The predicted octanol–water partition coefficient (Wildman–Crippen LogP) is 4.07. The van der Waals surface area contributed by atoms with Crippen molar-refractivity contribution in [3.63, 3.8) is 0 Å². The van der Waals surface area contributed by atoms with Gasteiger partial charge in [-0.05, 0) is 6.07 Å². The lowest BCUT2D eigenvalue weighted by molar-refractivity contribution is 0.506. The Morgan fingerprint density at radius 3 is 2.17 bits per heavy atom. The quantitative estimate of drug-likeness (QED) is 0.687. The smallest absolute Gasteiger partial charge is 0.140 e. The van der Waals surface area contributed by atoms with E-state index in [-0.39, 0.29) is 16.6 Å². The third-order valence-corrected chi connectivity index (χ3v) is 3.01. The third kappa shape index (κ3) is 2.14. The zero-order valence-electron chi connectivity index (χ0n) is 12.0. The third-order valence-electron chi connectivity index (χ3n) is 3.01. The lowest BCUT2D eigenvalue weighted by Gasteiger charge is -2.25. The van der Waals surface area contributed by atoms with Crippen molar-refractivity contribution in [1.82, 2.24) is 9.38 Å². The maximum atomic E-state index is 13.3. The van der Waals surface area contributed by atoms with Gasteiger partial charge in [-0.25, -0.2) is 9.37 Å². The van der Waals surface area contributed by atoms with Crippen LogP contribution >= 0.6 is 0 Å². The van der Waals surface area contributed by atoms with Gasteiger partial charge in [-0.15, -0.1) is 0 Å². The Bertz CT molecular complexity index is 583. The molecule has 0 amide bonds. The number of halogens is 1. The molecule has 2 rings (SSSR count). The number of hydrogen-bond donors (Lipinski definition) is 0. The zero-order chi connectivity index (χ0) is 13.7. The van der Waals surface area contributed by atoms with Crippen molar-refractivity contribution >= 4 is 5.65 Å². The highest BCUT2D eigenvalue weighted by Crippen LogP contribution is 2.34. The number of fused-ring (bicyclic) bond motifs is 1. The van der Waals surface area contributed by atoms with Gasteiger partial charge in [0.2, 0.25) is 0 Å². The molecule has 2 nitrogen and oxygen atoms in total. The Kier molecular flexibility index (Phi) is 2.76. The second-order valence-corrected chi connectivity index (χ2v) is 6.88. The highest BCUT2D eigenvalue weighted by molar-refractivity contribution is 5.47. The van der Waals surface area contributed by atoms with E-state index in [1.54, 1.807) is 6.20 Å². The van der Waals surface area contributed by atoms with Crippen molar-refractivity contribution in [2.45, 2.75) is 52.4 Å². The van der Waals surface area contributed by atoms with Crippen LogP contribution in [-0.2, 0) is 10.8 Å². The van der Waals surface area contributed by atoms with E-state index < -0.39 is 0 Å². The molecule has 0 aliphatic rings. The molecule has 2 heterocycles. The number of aromatic nitrogens is 2. The molecular weight excluding hydrogens is 227 g/mol. The average molecular weight is 248 g/mol. The summed E-state index contributed by atoms with van der Waals surface area (Å²) in [5.41, 5.74) is 2.81. The van der Waals surface area contributed by atoms with Gasteiger partial charge in [-0.3, -0.25) is 0 Å². The van der Waals surface area contributed by atoms with E-state index in [0.717, 1.165) is 11.4 Å². The van der Waals surface area contributed by atoms with Gasteiger partial charge in [-0.1, -0.05) is 41.5 Å². The van der Waals surface area contributed by atoms with Crippen molar-refractivity contribution in [3.8, 4) is 0 Å². The van der Waals surface area contributed by atoms with Crippen LogP contribution < -0.4 is 0 Å². The molecule has 2 aromatic rings. The van der Waals surface area contributed by atoms with Gasteiger partial charge < -0.3 is 4.40 Å². The molecule has 0 aromatic carbocycles. The van der Waals surface area contributed by atoms with E-state index in [4.69, 9.17) is 0 Å². The Hall–Kier alpha value is -1.38. The summed E-state index contributed by atoms with van der Waals surface area (Å²) in [6, 6.07) is 2.97. The highest BCUT2D eigenvalue weighted by atomic mass is 19.1. The summed E-state index contributed by atoms with van der Waals surface area (Å²) in [5, 5.41) is 0. The SMILES string of the molecule is CC(C)(C)c1nc2cc(F)ccn2c1C(C)(C)C. The van der Waals surface area contributed by atoms with Crippen LogP contribution in [0.5, 0.6) is 0 Å². The Labute approximate surface area is 108 Å². The molecule has 0 saturated heterocycles. The van der Waals surface area contributed by atoms with Crippen LogP contribution in [-0.4, -0.2) is 9.38 Å². The van der Waals surface area contributed by atoms with E-state index >= 15 is 0 Å². The van der Waals surface area contributed by atoms with Gasteiger partial charge in [0.1, 0.15) is 11.5 Å². The lowest BCUT2D eigenvalue weighted by atomic mass is 9.82. The Balaban J connectivity index is 2.85. The number of imidazole rings is 1. The van der Waals surface area contributed by atoms with Gasteiger partial charge in [0, 0.05) is 23.1 Å². The van der Waals surface area contributed by atoms with Crippen LogP contribution in [0.25, 0.3) is 5.65 Å². The molecule has 0 atom stereocenters. The molecule has 0 bridgehead atoms. The van der Waals surface area contributed by atoms with Crippen LogP contribution in [0.3, 0.4) is 0 Å². The molecule has 0 spiro atoms. The highest BCUT2D eigenvalue weighted by Gasteiger charge is 2.30. The molecular formula is C15H21FN2. The zero-order valence-corrected chi connectivity index (χ0v) is 12.0. The number of nitrogens with zero attached hydrogens (tertiary/aromatic N) is 2. The first-order valence-corrected chi connectivity index (χ1v) is 6.29. The lowest BCUT2D eigenvalue weighted by Crippen LogP contribution is -2.23. The largest absolute Gasteiger partial charge is 0.303 e. The second kappa shape index (κ2) is 3.81. The van der Waals surface area contributed by atoms with E-state index in [1.807, 2.05) is 4.40 Å². The molecule has 2 aromatic heterocycles. The van der Waals surface area contributed by atoms with Crippen molar-refractivity contribution in [3.05, 3.63) is 35.5 Å². The second-order valence-electron chi connectivity index (χ2n) is 6.88. The van der Waals surface area contributed by atoms with E-state index in [2.05, 4.69) is 46.5 Å². The Morgan fingerprint density at radius 1 is 1.06 bits per heavy atom. The minimum Gasteiger partial charge on any atom is -0.303 e. The molecule has 0 unspecified atom stereocenters. The number of hydrogen-bond acceptors (Lipinski definition) is 1. The fourth-order valence-corrected chi connectivity index (χ4v) is 2.26. The summed E-state index contributed by atoms with van der Waals surface area (Å²) in [7, 11) is 0. The molecule has 0 radical (unpaired) electrons. The van der Waals surface area contributed by atoms with Gasteiger partial charge in [0.15, 0.2) is 0 Å². The first-order chi connectivity index (χ1) is 8.10. The van der Waals surface area contributed by atoms with Crippen LogP contribution in [0.2, 0.25) is 0 Å². The van der Waals surface area contributed by atoms with Crippen LogP contribution in [0.15, 0.2) is 18.3 Å². The van der Waals surface area contributed by atoms with Gasteiger partial charge in [0.05, 0.1) is 11.4 Å². The predicted molar refractivity (Wildman–Crippen MR) is 72.6 cm³/mol. The van der Waals surface area contributed by atoms with Crippen LogP contribution in [0.4, 0.5) is 4.39 Å². The van der Waals surface area contributed by atoms with Crippen molar-refractivity contribution in [1.29, 1.82) is 0 Å². The maximum absolute atomic E-state index is 13.3. The topological polar surface area (TPSA) is 17.3 Å². The minimum atomic E-state index is -0.242. The molecule has 0 N–H and O–H groups in total. The van der Waals surface area contributed by atoms with Gasteiger partial charge >= 0.3 is 0 Å². The van der Waals surface area contributed by atoms with E-state index in [0.29, 0.717) is 5.65 Å². The summed E-state index contributed by atoms with van der Waals surface area (Å²) >= 11 is 0. The van der Waals surface area contributed by atoms with Crippen LogP contribution in [0, 0.1) is 5.82 Å². The van der Waals surface area contributed by atoms with Crippen LogP contribution in [0.1, 0.15) is 52.9 Å². The van der Waals surface area contributed by atoms with Gasteiger partial charge in [0.25, 0.3) is 0 Å². The summed E-state index contributed by atoms with van der Waals surface area (Å²) in [5.74, 6) is -0.242. The van der Waals surface area contributed by atoms with Gasteiger partial charge in [-0.2, -0.15) is 0 Å². The monoisotopic (exact) mass is 248 g/mol. The standard InChI is InChI=1S/C15H21FN2/c1-14(2,3)12-13(15(4,5)6)18-8-7-10(16)9-11(18)17-12/h7-9H,1-6H3. The first-order valence-electron chi connectivity index (χ1n) is 6.29. The molecule has 98 valence electrons. The number of rotatable bonds is 0. The van der Waals surface area contributed by atoms with Crippen molar-refractivity contribution in [2.24, 2.45) is 0 Å². The number of pyridine rings is 1. The molecule has 3 heteroatoms. The van der Waals surface area contributed by atoms with E-state index in [1.165, 1.54) is 12.1 Å². The van der Waals surface area contributed by atoms with Crippen molar-refractivity contribution < 1.29 is 4.39 Å². The van der Waals surface area contributed by atoms with Crippen molar-refractivity contribution in [2.75, 3.05) is 0 Å². The molecule has 0 aliphatic heterocycles. The van der Waals surface area contributed by atoms with E-state index in [9.17, 15) is 4.39 Å². The average Bonchev–Trinajstić information content (AvgIpc) is 2.54. The molecule has 0 fully saturated rings. The molecule has 18 heavy (non-hydrogen) atoms. The summed E-state index contributed by atoms with van der Waals surface area (Å²) in [6.45, 7) is 12.9. The molecule has 0 aliphatic carbocycles. The fraction of sp³-hybridized carbons (Fsp3) is 0.533. The molecule has 0 saturated carbocycles. The maximum Gasteiger partial charge on any atom is 0.140 e. The minimum absolute atomic E-state index is 0.0279. The normalized spacial score (nSPS) is 13.3. The Morgan fingerprint density at radius 2 is 1.67 bits per heavy atom.